The van der Waals surface area contributed by atoms with Gasteiger partial charge in [0.25, 0.3) is 0 Å². The van der Waals surface area contributed by atoms with Gasteiger partial charge >= 0.3 is 0 Å². The van der Waals surface area contributed by atoms with Crippen molar-refractivity contribution >= 4 is 41.2 Å². The van der Waals surface area contributed by atoms with Crippen molar-refractivity contribution in [2.45, 2.75) is 242 Å². The van der Waals surface area contributed by atoms with E-state index in [2.05, 4.69) is 62.4 Å². The van der Waals surface area contributed by atoms with Crippen LogP contribution in [-0.2, 0) is 12.8 Å². The van der Waals surface area contributed by atoms with Crippen molar-refractivity contribution in [3.8, 4) is 0 Å². The molecular formula is C48H82S4. The van der Waals surface area contributed by atoms with E-state index in [1.807, 2.05) is 41.2 Å². The Balaban J connectivity index is 1.35. The van der Waals surface area contributed by atoms with E-state index in [-0.39, 0.29) is 0 Å². The summed E-state index contributed by atoms with van der Waals surface area (Å²) >= 11 is 0. The van der Waals surface area contributed by atoms with E-state index in [1.54, 1.807) is 0 Å². The second kappa shape index (κ2) is 37.7. The Morgan fingerprint density at radius 3 is 0.712 bits per heavy atom. The SMILES string of the molecule is CCCCCCCCCCCCCCCCCCc1ccc(SSSSc2ccc(CCCCCCCCCCCCCCCCCC)cc2)cc1. The lowest BCUT2D eigenvalue weighted by atomic mass is 10.0. The molecule has 0 aliphatic carbocycles. The van der Waals surface area contributed by atoms with Crippen LogP contribution in [0.5, 0.6) is 0 Å². The zero-order valence-corrected chi connectivity index (χ0v) is 37.6. The third kappa shape index (κ3) is 30.1. The Morgan fingerprint density at radius 2 is 0.481 bits per heavy atom. The molecule has 0 aliphatic heterocycles. The van der Waals surface area contributed by atoms with Crippen LogP contribution >= 0.6 is 41.2 Å². The van der Waals surface area contributed by atoms with E-state index in [1.165, 1.54) is 239 Å². The number of rotatable bonds is 39. The summed E-state index contributed by atoms with van der Waals surface area (Å²) in [5.41, 5.74) is 3.00. The van der Waals surface area contributed by atoms with Crippen LogP contribution in [0.2, 0.25) is 0 Å². The first-order valence-electron chi connectivity index (χ1n) is 22.7. The number of hydrogen-bond donors (Lipinski definition) is 0. The second-order valence-corrected chi connectivity index (χ2v) is 21.5. The van der Waals surface area contributed by atoms with Gasteiger partial charge in [-0.3, -0.25) is 0 Å². The molecule has 0 atom stereocenters. The molecule has 52 heavy (non-hydrogen) atoms. The van der Waals surface area contributed by atoms with Crippen LogP contribution in [0.15, 0.2) is 58.3 Å². The molecule has 0 spiro atoms. The van der Waals surface area contributed by atoms with Crippen LogP contribution in [0, 0.1) is 0 Å². The molecule has 0 aliphatic rings. The predicted molar refractivity (Wildman–Crippen MR) is 246 cm³/mol. The average Bonchev–Trinajstić information content (AvgIpc) is 3.17. The first kappa shape index (κ1) is 48.0. The molecule has 0 unspecified atom stereocenters. The molecule has 0 bridgehead atoms. The minimum Gasteiger partial charge on any atom is -0.0654 e. The summed E-state index contributed by atoms with van der Waals surface area (Å²) in [7, 11) is 7.54. The Morgan fingerprint density at radius 1 is 0.269 bits per heavy atom. The summed E-state index contributed by atoms with van der Waals surface area (Å²) < 4.78 is 0. The summed E-state index contributed by atoms with van der Waals surface area (Å²) in [6, 6.07) is 18.7. The smallest absolute Gasteiger partial charge is 0.0191 e. The van der Waals surface area contributed by atoms with Crippen molar-refractivity contribution in [2.24, 2.45) is 0 Å². The maximum absolute atomic E-state index is 2.35. The Hall–Kier alpha value is -0.160. The van der Waals surface area contributed by atoms with Crippen LogP contribution < -0.4 is 0 Å². The molecular weight excluding hydrogens is 705 g/mol. The zero-order chi connectivity index (χ0) is 36.8. The highest BCUT2D eigenvalue weighted by atomic mass is 33.7. The van der Waals surface area contributed by atoms with E-state index in [0.717, 1.165) is 0 Å². The van der Waals surface area contributed by atoms with Gasteiger partial charge in [-0.25, -0.2) is 0 Å². The predicted octanol–water partition coefficient (Wildman–Crippen LogP) is 19.4. The lowest BCUT2D eigenvalue weighted by Crippen LogP contribution is -1.87. The molecule has 0 nitrogen and oxygen atoms in total. The van der Waals surface area contributed by atoms with Crippen LogP contribution in [0.4, 0.5) is 0 Å². The first-order valence-corrected chi connectivity index (χ1v) is 27.5. The fourth-order valence-electron chi connectivity index (χ4n) is 7.28. The second-order valence-electron chi connectivity index (χ2n) is 15.7. The summed E-state index contributed by atoms with van der Waals surface area (Å²) in [4.78, 5) is 2.73. The van der Waals surface area contributed by atoms with Gasteiger partial charge in [-0.15, -0.1) is 0 Å². The monoisotopic (exact) mass is 787 g/mol. The van der Waals surface area contributed by atoms with Gasteiger partial charge in [0.2, 0.25) is 0 Å². The minimum atomic E-state index is 1.23. The largest absolute Gasteiger partial charge is 0.0654 e. The normalized spacial score (nSPS) is 11.5. The van der Waals surface area contributed by atoms with E-state index in [4.69, 9.17) is 0 Å². The van der Waals surface area contributed by atoms with E-state index in [9.17, 15) is 0 Å². The molecule has 2 aromatic rings. The number of hydrogen-bond acceptors (Lipinski definition) is 4. The van der Waals surface area contributed by atoms with Crippen LogP contribution in [-0.4, -0.2) is 0 Å². The van der Waals surface area contributed by atoms with Crippen molar-refractivity contribution in [1.82, 2.24) is 0 Å². The molecule has 0 fully saturated rings. The van der Waals surface area contributed by atoms with Crippen molar-refractivity contribution in [1.29, 1.82) is 0 Å². The lowest BCUT2D eigenvalue weighted by Gasteiger charge is -2.06. The van der Waals surface area contributed by atoms with E-state index in [0.29, 0.717) is 0 Å². The van der Waals surface area contributed by atoms with Crippen molar-refractivity contribution in [3.05, 3.63) is 59.7 Å². The Bertz CT molecular complexity index is 907. The van der Waals surface area contributed by atoms with E-state index >= 15 is 0 Å². The molecule has 2 aromatic carbocycles. The third-order valence-electron chi connectivity index (χ3n) is 10.8. The van der Waals surface area contributed by atoms with Gasteiger partial charge in [0, 0.05) is 9.79 Å². The molecule has 0 aromatic heterocycles. The molecule has 0 amide bonds. The molecule has 4 heteroatoms. The first-order chi connectivity index (χ1) is 25.8. The topological polar surface area (TPSA) is 0 Å². The van der Waals surface area contributed by atoms with Crippen LogP contribution in [0.25, 0.3) is 0 Å². The Kier molecular flexibility index (Phi) is 34.8. The maximum Gasteiger partial charge on any atom is 0.0191 e. The third-order valence-corrected chi connectivity index (χ3v) is 16.8. The van der Waals surface area contributed by atoms with Gasteiger partial charge in [0.05, 0.1) is 0 Å². The summed E-state index contributed by atoms with van der Waals surface area (Å²) in [5.74, 6) is 0. The van der Waals surface area contributed by atoms with Gasteiger partial charge in [-0.05, 0) is 102 Å². The van der Waals surface area contributed by atoms with Crippen molar-refractivity contribution in [3.63, 3.8) is 0 Å². The fraction of sp³-hybridized carbons (Fsp3) is 0.750. The summed E-state index contributed by atoms with van der Waals surface area (Å²) in [6.07, 6.45) is 48.4. The standard InChI is InChI=1S/C48H82S4/c1-3-5-7-9-11-13-15-17-19-21-23-25-27-29-31-33-35-45-37-41-47(42-38-45)49-51-52-50-48-43-39-46(40-44-48)36-34-32-30-28-26-24-22-20-18-16-14-12-10-8-6-4-2/h37-44H,3-36H2,1-2H3. The lowest BCUT2D eigenvalue weighted by molar-refractivity contribution is 0.529. The summed E-state index contributed by atoms with van der Waals surface area (Å²) in [6.45, 7) is 4.61. The zero-order valence-electron chi connectivity index (χ0n) is 34.3. The van der Waals surface area contributed by atoms with Gasteiger partial charge in [-0.2, -0.15) is 0 Å². The quantitative estimate of drug-likeness (QED) is 0.0489. The van der Waals surface area contributed by atoms with Gasteiger partial charge < -0.3 is 0 Å². The number of aryl methyl sites for hydroxylation is 2. The fourth-order valence-corrected chi connectivity index (χ4v) is 12.7. The molecule has 2 rings (SSSR count). The molecule has 0 saturated heterocycles. The summed E-state index contributed by atoms with van der Waals surface area (Å²) in [5, 5.41) is 0. The van der Waals surface area contributed by atoms with Crippen LogP contribution in [0.1, 0.15) is 230 Å². The molecule has 0 heterocycles. The highest BCUT2D eigenvalue weighted by Crippen LogP contribution is 2.49. The minimum absolute atomic E-state index is 1.23. The van der Waals surface area contributed by atoms with Crippen molar-refractivity contribution < 1.29 is 0 Å². The number of benzene rings is 2. The highest BCUT2D eigenvalue weighted by molar-refractivity contribution is 9.26. The average molecular weight is 787 g/mol. The molecule has 298 valence electrons. The molecule has 0 saturated carbocycles. The maximum atomic E-state index is 2.35. The van der Waals surface area contributed by atoms with Crippen LogP contribution in [0.3, 0.4) is 0 Å². The van der Waals surface area contributed by atoms with Crippen molar-refractivity contribution in [2.75, 3.05) is 0 Å². The van der Waals surface area contributed by atoms with Gasteiger partial charge in [0.1, 0.15) is 0 Å². The number of unbranched alkanes of at least 4 members (excludes halogenated alkanes) is 30. The highest BCUT2D eigenvalue weighted by Gasteiger charge is 2.02. The Labute approximate surface area is 340 Å². The van der Waals surface area contributed by atoms with E-state index < -0.39 is 0 Å². The van der Waals surface area contributed by atoms with Gasteiger partial charge in [-0.1, -0.05) is 231 Å². The van der Waals surface area contributed by atoms with Gasteiger partial charge in [0.15, 0.2) is 0 Å². The molecule has 0 N–H and O–H groups in total. The molecule has 0 radical (unpaired) electrons.